The summed E-state index contributed by atoms with van der Waals surface area (Å²) in [5.74, 6) is 2.73. The molecule has 1 aromatic carbocycles. The van der Waals surface area contributed by atoms with Gasteiger partial charge in [0.05, 0.1) is 19.3 Å². The molecule has 0 radical (unpaired) electrons. The van der Waals surface area contributed by atoms with E-state index in [1.54, 1.807) is 19.2 Å². The highest BCUT2D eigenvalue weighted by atomic mass is 16.5. The summed E-state index contributed by atoms with van der Waals surface area (Å²) in [7, 11) is 1.59. The van der Waals surface area contributed by atoms with Gasteiger partial charge in [0.2, 0.25) is 0 Å². The number of hydrogen-bond acceptors (Lipinski definition) is 4. The lowest BCUT2D eigenvalue weighted by atomic mass is 9.92. The van der Waals surface area contributed by atoms with E-state index >= 15 is 0 Å². The maximum absolute atomic E-state index is 11.1. The monoisotopic (exact) mass is 305 g/mol. The van der Waals surface area contributed by atoms with Gasteiger partial charge in [0, 0.05) is 19.6 Å². The number of rotatable bonds is 7. The molecule has 1 fully saturated rings. The van der Waals surface area contributed by atoms with Crippen LogP contribution in [0.4, 0.5) is 0 Å². The Bertz CT molecular complexity index is 479. The highest BCUT2D eigenvalue weighted by Crippen LogP contribution is 2.30. The number of methoxy groups -OCH3 is 1. The first-order valence-corrected chi connectivity index (χ1v) is 8.11. The molecule has 4 heteroatoms. The summed E-state index contributed by atoms with van der Waals surface area (Å²) in [6, 6.07) is 5.36. The van der Waals surface area contributed by atoms with Crippen molar-refractivity contribution >= 4 is 6.29 Å². The van der Waals surface area contributed by atoms with Crippen LogP contribution in [-0.4, -0.2) is 44.5 Å². The number of carbonyl (C=O) groups excluding carboxylic acids is 1. The van der Waals surface area contributed by atoms with E-state index in [1.165, 1.54) is 19.5 Å². The van der Waals surface area contributed by atoms with Crippen LogP contribution in [0.15, 0.2) is 18.2 Å². The molecule has 2 atom stereocenters. The Morgan fingerprint density at radius 3 is 2.64 bits per heavy atom. The molecule has 0 bridgehead atoms. The number of nitrogens with zero attached hydrogens (tertiary/aromatic N) is 1. The molecule has 1 aromatic rings. The number of para-hydroxylation sites is 1. The minimum Gasteiger partial charge on any atom is -0.493 e. The summed E-state index contributed by atoms with van der Waals surface area (Å²) < 4.78 is 11.1. The average molecular weight is 305 g/mol. The maximum Gasteiger partial charge on any atom is 0.171 e. The first kappa shape index (κ1) is 16.8. The van der Waals surface area contributed by atoms with Crippen molar-refractivity contribution in [2.45, 2.75) is 26.7 Å². The Morgan fingerprint density at radius 1 is 1.27 bits per heavy atom. The largest absolute Gasteiger partial charge is 0.493 e. The summed E-state index contributed by atoms with van der Waals surface area (Å²) in [4.78, 5) is 13.6. The van der Waals surface area contributed by atoms with Crippen LogP contribution in [0, 0.1) is 11.8 Å². The summed E-state index contributed by atoms with van der Waals surface area (Å²) in [6.45, 7) is 8.65. The number of ether oxygens (including phenoxy) is 2. The van der Waals surface area contributed by atoms with Crippen molar-refractivity contribution < 1.29 is 14.3 Å². The van der Waals surface area contributed by atoms with Gasteiger partial charge in [-0.05, 0) is 36.8 Å². The van der Waals surface area contributed by atoms with E-state index in [9.17, 15) is 4.79 Å². The van der Waals surface area contributed by atoms with Gasteiger partial charge in [0.15, 0.2) is 17.8 Å². The van der Waals surface area contributed by atoms with E-state index in [0.717, 1.165) is 31.1 Å². The molecule has 0 aliphatic carbocycles. The highest BCUT2D eigenvalue weighted by Gasteiger charge is 2.21. The maximum atomic E-state index is 11.1. The lowest BCUT2D eigenvalue weighted by molar-refractivity contribution is 0.111. The average Bonchev–Trinajstić information content (AvgIpc) is 2.50. The Balaban J connectivity index is 1.83. The number of likely N-dealkylation sites (tertiary alicyclic amines) is 1. The van der Waals surface area contributed by atoms with Crippen LogP contribution >= 0.6 is 0 Å². The molecule has 0 N–H and O–H groups in total. The van der Waals surface area contributed by atoms with Crippen molar-refractivity contribution in [3.63, 3.8) is 0 Å². The predicted molar refractivity (Wildman–Crippen MR) is 87.9 cm³/mol. The van der Waals surface area contributed by atoms with E-state index in [1.807, 2.05) is 6.07 Å². The zero-order valence-electron chi connectivity index (χ0n) is 13.9. The van der Waals surface area contributed by atoms with Gasteiger partial charge >= 0.3 is 0 Å². The molecule has 4 nitrogen and oxygen atoms in total. The molecular formula is C18H27NO3. The molecule has 0 unspecified atom stereocenters. The molecule has 1 heterocycles. The minimum atomic E-state index is 0.541. The smallest absolute Gasteiger partial charge is 0.171 e. The zero-order chi connectivity index (χ0) is 15.9. The fraction of sp³-hybridized carbons (Fsp3) is 0.611. The molecule has 0 spiro atoms. The van der Waals surface area contributed by atoms with Crippen LogP contribution in [0.25, 0.3) is 0 Å². The van der Waals surface area contributed by atoms with Crippen molar-refractivity contribution in [3.8, 4) is 11.5 Å². The Hall–Kier alpha value is -1.55. The number of hydrogen-bond donors (Lipinski definition) is 0. The van der Waals surface area contributed by atoms with Crippen LogP contribution in [0.5, 0.6) is 11.5 Å². The second-order valence-corrected chi connectivity index (χ2v) is 6.40. The molecule has 0 aromatic heterocycles. The second-order valence-electron chi connectivity index (χ2n) is 6.40. The van der Waals surface area contributed by atoms with Gasteiger partial charge in [-0.2, -0.15) is 0 Å². The summed E-state index contributed by atoms with van der Waals surface area (Å²) >= 11 is 0. The van der Waals surface area contributed by atoms with E-state index in [-0.39, 0.29) is 0 Å². The molecule has 0 amide bonds. The fourth-order valence-electron chi connectivity index (χ4n) is 3.38. The van der Waals surface area contributed by atoms with Crippen LogP contribution in [0.3, 0.4) is 0 Å². The lowest BCUT2D eigenvalue weighted by Crippen LogP contribution is -2.39. The van der Waals surface area contributed by atoms with Crippen molar-refractivity contribution in [1.29, 1.82) is 0 Å². The van der Waals surface area contributed by atoms with Crippen LogP contribution in [0.2, 0.25) is 0 Å². The fourth-order valence-corrected chi connectivity index (χ4v) is 3.38. The normalized spacial score (nSPS) is 22.3. The van der Waals surface area contributed by atoms with Crippen molar-refractivity contribution in [1.82, 2.24) is 4.90 Å². The highest BCUT2D eigenvalue weighted by molar-refractivity contribution is 5.81. The van der Waals surface area contributed by atoms with Gasteiger partial charge in [-0.3, -0.25) is 4.79 Å². The Labute approximate surface area is 133 Å². The zero-order valence-corrected chi connectivity index (χ0v) is 13.9. The molecule has 122 valence electrons. The van der Waals surface area contributed by atoms with Gasteiger partial charge in [-0.1, -0.05) is 19.9 Å². The van der Waals surface area contributed by atoms with Crippen molar-refractivity contribution in [2.75, 3.05) is 33.4 Å². The van der Waals surface area contributed by atoms with E-state index in [2.05, 4.69) is 18.7 Å². The van der Waals surface area contributed by atoms with E-state index < -0.39 is 0 Å². The van der Waals surface area contributed by atoms with E-state index in [0.29, 0.717) is 23.7 Å². The number of piperidine rings is 1. The third-order valence-electron chi connectivity index (χ3n) is 4.17. The topological polar surface area (TPSA) is 38.8 Å². The van der Waals surface area contributed by atoms with Crippen molar-refractivity contribution in [2.24, 2.45) is 11.8 Å². The number of aldehydes is 1. The summed E-state index contributed by atoms with van der Waals surface area (Å²) in [5.41, 5.74) is 0.541. The first-order chi connectivity index (χ1) is 10.6. The molecule has 1 aliphatic rings. The molecular weight excluding hydrogens is 278 g/mol. The standard InChI is InChI=1S/C18H27NO3/c1-14-10-15(2)12-19(11-14)8-5-9-22-18-16(13-20)6-4-7-17(18)21-3/h4,6-7,13-15H,5,8-12H2,1-3H3/t14-,15-/m0/s1. The second kappa shape index (κ2) is 8.18. The van der Waals surface area contributed by atoms with Crippen molar-refractivity contribution in [3.05, 3.63) is 23.8 Å². The molecule has 1 aliphatic heterocycles. The molecule has 2 rings (SSSR count). The molecule has 0 saturated carbocycles. The summed E-state index contributed by atoms with van der Waals surface area (Å²) in [6.07, 6.45) is 3.10. The van der Waals surface area contributed by atoms with Crippen LogP contribution < -0.4 is 9.47 Å². The Morgan fingerprint density at radius 2 is 2.00 bits per heavy atom. The van der Waals surface area contributed by atoms with Crippen LogP contribution in [0.1, 0.15) is 37.0 Å². The first-order valence-electron chi connectivity index (χ1n) is 8.11. The third-order valence-corrected chi connectivity index (χ3v) is 4.17. The number of carbonyl (C=O) groups is 1. The van der Waals surface area contributed by atoms with Crippen LogP contribution in [-0.2, 0) is 0 Å². The predicted octanol–water partition coefficient (Wildman–Crippen LogP) is 3.25. The Kier molecular flexibility index (Phi) is 6.25. The minimum absolute atomic E-state index is 0.541. The molecule has 22 heavy (non-hydrogen) atoms. The van der Waals surface area contributed by atoms with Gasteiger partial charge in [-0.25, -0.2) is 0 Å². The quantitative estimate of drug-likeness (QED) is 0.572. The lowest BCUT2D eigenvalue weighted by Gasteiger charge is -2.34. The SMILES string of the molecule is COc1cccc(C=O)c1OCCCN1C[C@@H](C)C[C@H](C)C1. The van der Waals surface area contributed by atoms with E-state index in [4.69, 9.17) is 9.47 Å². The van der Waals surface area contributed by atoms with Gasteiger partial charge in [0.1, 0.15) is 0 Å². The number of benzene rings is 1. The molecule has 1 saturated heterocycles. The van der Waals surface area contributed by atoms with Gasteiger partial charge < -0.3 is 14.4 Å². The van der Waals surface area contributed by atoms with Gasteiger partial charge in [-0.15, -0.1) is 0 Å². The van der Waals surface area contributed by atoms with Gasteiger partial charge in [0.25, 0.3) is 0 Å². The summed E-state index contributed by atoms with van der Waals surface area (Å²) in [5, 5.41) is 0. The third kappa shape index (κ3) is 4.47.